The van der Waals surface area contributed by atoms with Gasteiger partial charge in [-0.25, -0.2) is 4.79 Å². The highest BCUT2D eigenvalue weighted by molar-refractivity contribution is 5.72. The maximum Gasteiger partial charge on any atom is 0.314 e. The summed E-state index contributed by atoms with van der Waals surface area (Å²) in [5, 5.41) is 9.02. The van der Waals surface area contributed by atoms with E-state index in [1.54, 1.807) is 23.1 Å². The third-order valence-corrected chi connectivity index (χ3v) is 5.76. The van der Waals surface area contributed by atoms with Crippen LogP contribution in [0.2, 0.25) is 0 Å². The molecule has 0 aromatic heterocycles. The molecule has 144 valence electrons. The first-order valence-corrected chi connectivity index (χ1v) is 9.71. The van der Waals surface area contributed by atoms with Crippen LogP contribution in [0.1, 0.15) is 24.8 Å². The van der Waals surface area contributed by atoms with E-state index in [1.807, 2.05) is 0 Å². The fourth-order valence-electron chi connectivity index (χ4n) is 4.62. The lowest BCUT2D eigenvalue weighted by molar-refractivity contribution is 0.0421. The minimum atomic E-state index is -0.285. The molecule has 2 amide bonds. The Morgan fingerprint density at radius 1 is 1.22 bits per heavy atom. The Hall–Kier alpha value is -2.46. The summed E-state index contributed by atoms with van der Waals surface area (Å²) in [6.07, 6.45) is 3.20. The summed E-state index contributed by atoms with van der Waals surface area (Å²) in [5.74, 6) is 2.46. The number of urea groups is 1. The van der Waals surface area contributed by atoms with E-state index in [0.29, 0.717) is 35.5 Å². The lowest BCUT2D eigenvalue weighted by atomic mass is 9.84. The maximum absolute atomic E-state index is 11.4. The van der Waals surface area contributed by atoms with E-state index >= 15 is 0 Å². The van der Waals surface area contributed by atoms with Crippen molar-refractivity contribution in [2.75, 3.05) is 39.3 Å². The topological polar surface area (TPSA) is 91.8 Å². The quantitative estimate of drug-likeness (QED) is 0.873. The van der Waals surface area contributed by atoms with Crippen molar-refractivity contribution in [1.82, 2.24) is 9.80 Å². The van der Waals surface area contributed by atoms with Gasteiger partial charge in [0, 0.05) is 32.2 Å². The number of ether oxygens (including phenoxy) is 2. The smallest absolute Gasteiger partial charge is 0.314 e. The Kier molecular flexibility index (Phi) is 5.08. The van der Waals surface area contributed by atoms with E-state index < -0.39 is 0 Å². The van der Waals surface area contributed by atoms with Gasteiger partial charge in [0.05, 0.1) is 11.6 Å². The van der Waals surface area contributed by atoms with Gasteiger partial charge in [-0.2, -0.15) is 5.26 Å². The Morgan fingerprint density at radius 2 is 2.00 bits per heavy atom. The molecule has 2 N–H and O–H groups in total. The molecule has 27 heavy (non-hydrogen) atoms. The molecule has 0 saturated carbocycles. The second kappa shape index (κ2) is 7.65. The monoisotopic (exact) mass is 370 g/mol. The van der Waals surface area contributed by atoms with E-state index in [9.17, 15) is 4.79 Å². The summed E-state index contributed by atoms with van der Waals surface area (Å²) in [5.41, 5.74) is 6.04. The van der Waals surface area contributed by atoms with Gasteiger partial charge in [0.2, 0.25) is 0 Å². The van der Waals surface area contributed by atoms with Crippen molar-refractivity contribution in [2.45, 2.75) is 25.4 Å². The van der Waals surface area contributed by atoms with E-state index in [0.717, 1.165) is 45.6 Å². The normalized spacial score (nSPS) is 27.1. The van der Waals surface area contributed by atoms with Crippen molar-refractivity contribution in [3.63, 3.8) is 0 Å². The number of nitrogens with two attached hydrogens (primary N) is 1. The molecule has 3 heterocycles. The number of primary amides is 1. The number of benzene rings is 1. The first-order chi connectivity index (χ1) is 13.1. The Balaban J connectivity index is 1.24. The van der Waals surface area contributed by atoms with E-state index in [4.69, 9.17) is 20.5 Å². The van der Waals surface area contributed by atoms with Gasteiger partial charge in [-0.1, -0.05) is 0 Å². The molecule has 2 saturated heterocycles. The van der Waals surface area contributed by atoms with Crippen LogP contribution in [0, 0.1) is 23.2 Å². The molecular weight excluding hydrogens is 344 g/mol. The largest absolute Gasteiger partial charge is 0.486 e. The molecule has 3 atom stereocenters. The van der Waals surface area contributed by atoms with Gasteiger partial charge in [-0.05, 0) is 49.8 Å². The van der Waals surface area contributed by atoms with Crippen molar-refractivity contribution in [3.05, 3.63) is 23.8 Å². The van der Waals surface area contributed by atoms with E-state index in [2.05, 4.69) is 11.0 Å². The third-order valence-electron chi connectivity index (χ3n) is 5.76. The number of carbonyl (C=O) groups is 1. The Labute approximate surface area is 159 Å². The van der Waals surface area contributed by atoms with Crippen molar-refractivity contribution < 1.29 is 14.3 Å². The van der Waals surface area contributed by atoms with Crippen molar-refractivity contribution in [1.29, 1.82) is 5.26 Å². The van der Waals surface area contributed by atoms with Crippen LogP contribution in [0.25, 0.3) is 0 Å². The van der Waals surface area contributed by atoms with Gasteiger partial charge < -0.3 is 25.0 Å². The number of hydrogen-bond acceptors (Lipinski definition) is 5. The van der Waals surface area contributed by atoms with Gasteiger partial charge in [0.15, 0.2) is 11.5 Å². The van der Waals surface area contributed by atoms with Gasteiger partial charge in [-0.3, -0.25) is 0 Å². The molecule has 4 rings (SSSR count). The average molecular weight is 370 g/mol. The van der Waals surface area contributed by atoms with Crippen LogP contribution in [0.5, 0.6) is 11.5 Å². The standard InChI is InChI=1S/C20H26N4O3/c21-8-14-3-4-18-19(7-14)27-17(13-26-18)2-1-5-23-9-15-6-16(10-23)12-24(11-15)20(22)25/h3-4,7,15-17H,1-2,5-6,9-13H2,(H2,22,25). The number of nitriles is 1. The molecule has 3 aliphatic rings. The second-order valence-corrected chi connectivity index (χ2v) is 7.94. The van der Waals surface area contributed by atoms with Crippen LogP contribution in [0.3, 0.4) is 0 Å². The number of carbonyl (C=O) groups excluding carboxylic acids is 1. The molecule has 0 aliphatic carbocycles. The first-order valence-electron chi connectivity index (χ1n) is 9.71. The molecule has 7 nitrogen and oxygen atoms in total. The third kappa shape index (κ3) is 4.11. The van der Waals surface area contributed by atoms with Gasteiger partial charge in [0.25, 0.3) is 0 Å². The fourth-order valence-corrected chi connectivity index (χ4v) is 4.62. The molecule has 3 unspecified atom stereocenters. The molecule has 0 spiro atoms. The maximum atomic E-state index is 11.4. The second-order valence-electron chi connectivity index (χ2n) is 7.94. The highest BCUT2D eigenvalue weighted by Crippen LogP contribution is 2.33. The summed E-state index contributed by atoms with van der Waals surface area (Å²) >= 11 is 0. The van der Waals surface area contributed by atoms with Crippen LogP contribution in [-0.4, -0.2) is 61.3 Å². The molecule has 7 heteroatoms. The van der Waals surface area contributed by atoms with Gasteiger partial charge >= 0.3 is 6.03 Å². The zero-order valence-corrected chi connectivity index (χ0v) is 15.5. The highest BCUT2D eigenvalue weighted by atomic mass is 16.6. The predicted molar refractivity (Wildman–Crippen MR) is 99.5 cm³/mol. The Bertz CT molecular complexity index is 733. The summed E-state index contributed by atoms with van der Waals surface area (Å²) in [4.78, 5) is 15.8. The van der Waals surface area contributed by atoms with Crippen LogP contribution >= 0.6 is 0 Å². The number of hydrogen-bond donors (Lipinski definition) is 1. The van der Waals surface area contributed by atoms with Crippen molar-refractivity contribution >= 4 is 6.03 Å². The lowest BCUT2D eigenvalue weighted by Gasteiger charge is -2.45. The molecule has 1 aromatic carbocycles. The summed E-state index contributed by atoms with van der Waals surface area (Å²) in [6, 6.07) is 7.14. The molecule has 2 bridgehead atoms. The number of nitrogens with zero attached hydrogens (tertiary/aromatic N) is 3. The molecule has 2 fully saturated rings. The highest BCUT2D eigenvalue weighted by Gasteiger charge is 2.35. The van der Waals surface area contributed by atoms with Gasteiger partial charge in [0.1, 0.15) is 12.7 Å². The van der Waals surface area contributed by atoms with Crippen LogP contribution in [0.4, 0.5) is 4.79 Å². The van der Waals surface area contributed by atoms with E-state index in [-0.39, 0.29) is 12.1 Å². The van der Waals surface area contributed by atoms with Crippen molar-refractivity contribution in [3.8, 4) is 17.6 Å². The predicted octanol–water partition coefficient (Wildman–Crippen LogP) is 1.81. The average Bonchev–Trinajstić information content (AvgIpc) is 2.66. The summed E-state index contributed by atoms with van der Waals surface area (Å²) in [7, 11) is 0. The zero-order chi connectivity index (χ0) is 18.8. The van der Waals surface area contributed by atoms with Crippen molar-refractivity contribution in [2.24, 2.45) is 17.6 Å². The lowest BCUT2D eigenvalue weighted by Crippen LogP contribution is -2.55. The number of likely N-dealkylation sites (tertiary alicyclic amines) is 2. The van der Waals surface area contributed by atoms with Crippen LogP contribution in [-0.2, 0) is 0 Å². The first kappa shape index (κ1) is 17.9. The SMILES string of the molecule is N#Cc1ccc2c(c1)OC(CCCN1CC3CC(C1)CN(C(N)=O)C3)CO2. The summed E-state index contributed by atoms with van der Waals surface area (Å²) in [6.45, 7) is 5.25. The number of fused-ring (bicyclic) bond motifs is 3. The van der Waals surface area contributed by atoms with Crippen LogP contribution in [0.15, 0.2) is 18.2 Å². The van der Waals surface area contributed by atoms with Gasteiger partial charge in [-0.15, -0.1) is 0 Å². The number of piperidine rings is 2. The zero-order valence-electron chi connectivity index (χ0n) is 15.5. The minimum Gasteiger partial charge on any atom is -0.486 e. The Morgan fingerprint density at radius 3 is 2.70 bits per heavy atom. The van der Waals surface area contributed by atoms with Crippen LogP contribution < -0.4 is 15.2 Å². The molecule has 3 aliphatic heterocycles. The number of rotatable bonds is 4. The number of amides is 2. The fraction of sp³-hybridized carbons (Fsp3) is 0.600. The van der Waals surface area contributed by atoms with E-state index in [1.165, 1.54) is 6.42 Å². The molecule has 1 aromatic rings. The summed E-state index contributed by atoms with van der Waals surface area (Å²) < 4.78 is 11.8. The molecular formula is C20H26N4O3. The minimum absolute atomic E-state index is 0.0288. The molecule has 0 radical (unpaired) electrons.